The second kappa shape index (κ2) is 7.70. The molecule has 0 saturated carbocycles. The SMILES string of the molecule is COc1ccccc1-c1nc2ccccc2n1-c1cc(C(C)(C)C)c(O)c(C(C)(C)C)c1. The number of rotatable bonds is 3. The van der Waals surface area contributed by atoms with E-state index in [1.807, 2.05) is 42.5 Å². The highest BCUT2D eigenvalue weighted by Gasteiger charge is 2.28. The molecule has 3 aromatic carbocycles. The molecule has 0 amide bonds. The van der Waals surface area contributed by atoms with Gasteiger partial charge < -0.3 is 9.84 Å². The smallest absolute Gasteiger partial charge is 0.149 e. The summed E-state index contributed by atoms with van der Waals surface area (Å²) in [4.78, 5) is 4.99. The predicted molar refractivity (Wildman–Crippen MR) is 132 cm³/mol. The summed E-state index contributed by atoms with van der Waals surface area (Å²) in [7, 11) is 1.68. The first-order chi connectivity index (χ1) is 15.0. The van der Waals surface area contributed by atoms with Gasteiger partial charge in [0.25, 0.3) is 0 Å². The molecule has 0 saturated heterocycles. The first-order valence-corrected chi connectivity index (χ1v) is 11.0. The fourth-order valence-electron chi connectivity index (χ4n) is 4.19. The Bertz CT molecular complexity index is 1250. The number of aromatic nitrogens is 2. The van der Waals surface area contributed by atoms with E-state index in [0.29, 0.717) is 5.75 Å². The van der Waals surface area contributed by atoms with Gasteiger partial charge in [0.2, 0.25) is 0 Å². The number of methoxy groups -OCH3 is 1. The van der Waals surface area contributed by atoms with E-state index in [9.17, 15) is 5.11 Å². The summed E-state index contributed by atoms with van der Waals surface area (Å²) in [6, 6.07) is 20.3. The highest BCUT2D eigenvalue weighted by atomic mass is 16.5. The average Bonchev–Trinajstić information content (AvgIpc) is 3.11. The number of nitrogens with zero attached hydrogens (tertiary/aromatic N) is 2. The highest BCUT2D eigenvalue weighted by Crippen LogP contribution is 2.42. The van der Waals surface area contributed by atoms with Crippen LogP contribution >= 0.6 is 0 Å². The second-order valence-electron chi connectivity index (χ2n) is 10.3. The van der Waals surface area contributed by atoms with Crippen molar-refractivity contribution in [3.8, 4) is 28.6 Å². The van der Waals surface area contributed by atoms with Gasteiger partial charge in [0.05, 0.1) is 23.7 Å². The van der Waals surface area contributed by atoms with E-state index in [-0.39, 0.29) is 10.8 Å². The molecule has 0 atom stereocenters. The summed E-state index contributed by atoms with van der Waals surface area (Å²) in [5, 5.41) is 11.2. The Balaban J connectivity index is 2.13. The summed E-state index contributed by atoms with van der Waals surface area (Å²) < 4.78 is 7.85. The maximum absolute atomic E-state index is 11.2. The lowest BCUT2D eigenvalue weighted by molar-refractivity contribution is 0.416. The molecule has 1 aromatic heterocycles. The average molecular weight is 429 g/mol. The largest absolute Gasteiger partial charge is 0.507 e. The van der Waals surface area contributed by atoms with Gasteiger partial charge in [-0.1, -0.05) is 65.8 Å². The molecule has 0 aliphatic carbocycles. The monoisotopic (exact) mass is 428 g/mol. The van der Waals surface area contributed by atoms with Crippen molar-refractivity contribution >= 4 is 11.0 Å². The molecule has 1 heterocycles. The molecule has 0 aliphatic rings. The van der Waals surface area contributed by atoms with Crippen molar-refractivity contribution in [3.63, 3.8) is 0 Å². The number of benzene rings is 3. The minimum atomic E-state index is -0.221. The Morgan fingerprint density at radius 3 is 1.97 bits per heavy atom. The van der Waals surface area contributed by atoms with Crippen LogP contribution in [0.25, 0.3) is 28.1 Å². The zero-order chi connectivity index (χ0) is 23.3. The van der Waals surface area contributed by atoms with Crippen LogP contribution in [0.4, 0.5) is 0 Å². The fourth-order valence-corrected chi connectivity index (χ4v) is 4.19. The van der Waals surface area contributed by atoms with Crippen LogP contribution in [0.2, 0.25) is 0 Å². The van der Waals surface area contributed by atoms with Crippen molar-refractivity contribution in [2.45, 2.75) is 52.4 Å². The van der Waals surface area contributed by atoms with Gasteiger partial charge in [-0.3, -0.25) is 4.57 Å². The third-order valence-corrected chi connectivity index (χ3v) is 5.88. The van der Waals surface area contributed by atoms with Crippen LogP contribution in [0.15, 0.2) is 60.7 Å². The first-order valence-electron chi connectivity index (χ1n) is 11.0. The summed E-state index contributed by atoms with van der Waals surface area (Å²) in [5.41, 5.74) is 5.23. The van der Waals surface area contributed by atoms with E-state index in [1.165, 1.54) is 0 Å². The van der Waals surface area contributed by atoms with Crippen LogP contribution in [-0.2, 0) is 10.8 Å². The van der Waals surface area contributed by atoms with Crippen LogP contribution in [-0.4, -0.2) is 21.8 Å². The van der Waals surface area contributed by atoms with Crippen LogP contribution in [0.3, 0.4) is 0 Å². The maximum atomic E-state index is 11.2. The molecule has 4 rings (SSSR count). The zero-order valence-electron chi connectivity index (χ0n) is 20.0. The number of phenolic OH excluding ortho intramolecular Hbond substituents is 1. The Hall–Kier alpha value is -3.27. The van der Waals surface area contributed by atoms with Crippen molar-refractivity contribution in [1.29, 1.82) is 0 Å². The lowest BCUT2D eigenvalue weighted by atomic mass is 9.79. The van der Waals surface area contributed by atoms with Crippen molar-refractivity contribution < 1.29 is 9.84 Å². The molecule has 32 heavy (non-hydrogen) atoms. The fraction of sp³-hybridized carbons (Fsp3) is 0.321. The molecule has 0 unspecified atom stereocenters. The van der Waals surface area contributed by atoms with Gasteiger partial charge in [0, 0.05) is 16.8 Å². The van der Waals surface area contributed by atoms with Crippen molar-refractivity contribution in [3.05, 3.63) is 71.8 Å². The molecule has 4 aromatic rings. The number of hydrogen-bond acceptors (Lipinski definition) is 3. The topological polar surface area (TPSA) is 47.3 Å². The molecule has 0 spiro atoms. The normalized spacial score (nSPS) is 12.3. The van der Waals surface area contributed by atoms with Gasteiger partial charge in [0.1, 0.15) is 17.3 Å². The molecular formula is C28H32N2O2. The van der Waals surface area contributed by atoms with Crippen LogP contribution in [0.5, 0.6) is 11.5 Å². The van der Waals surface area contributed by atoms with Crippen LogP contribution in [0, 0.1) is 0 Å². The third kappa shape index (κ3) is 3.75. The van der Waals surface area contributed by atoms with Crippen molar-refractivity contribution in [2.24, 2.45) is 0 Å². The number of imidazole rings is 1. The molecule has 0 fully saturated rings. The van der Waals surface area contributed by atoms with Gasteiger partial charge in [0.15, 0.2) is 0 Å². The molecule has 0 bridgehead atoms. The summed E-state index contributed by atoms with van der Waals surface area (Å²) in [6.07, 6.45) is 0. The Morgan fingerprint density at radius 2 is 1.38 bits per heavy atom. The van der Waals surface area contributed by atoms with Gasteiger partial charge >= 0.3 is 0 Å². The summed E-state index contributed by atoms with van der Waals surface area (Å²) >= 11 is 0. The number of fused-ring (bicyclic) bond motifs is 1. The molecular weight excluding hydrogens is 396 g/mol. The molecule has 0 radical (unpaired) electrons. The Labute approximate surface area is 190 Å². The molecule has 0 aliphatic heterocycles. The maximum Gasteiger partial charge on any atom is 0.149 e. The molecule has 1 N–H and O–H groups in total. The molecule has 4 nitrogen and oxygen atoms in total. The quantitative estimate of drug-likeness (QED) is 0.382. The highest BCUT2D eigenvalue weighted by molar-refractivity contribution is 5.84. The molecule has 4 heteroatoms. The van der Waals surface area contributed by atoms with Crippen LogP contribution in [0.1, 0.15) is 52.7 Å². The molecule has 166 valence electrons. The minimum Gasteiger partial charge on any atom is -0.507 e. The van der Waals surface area contributed by atoms with E-state index in [1.54, 1.807) is 7.11 Å². The zero-order valence-corrected chi connectivity index (χ0v) is 20.0. The van der Waals surface area contributed by atoms with E-state index in [2.05, 4.69) is 64.3 Å². The lowest BCUT2D eigenvalue weighted by Crippen LogP contribution is -2.18. The van der Waals surface area contributed by atoms with E-state index < -0.39 is 0 Å². The van der Waals surface area contributed by atoms with E-state index >= 15 is 0 Å². The van der Waals surface area contributed by atoms with Gasteiger partial charge in [-0.15, -0.1) is 0 Å². The summed E-state index contributed by atoms with van der Waals surface area (Å²) in [5.74, 6) is 1.96. The Kier molecular flexibility index (Phi) is 5.28. The number of phenols is 1. The lowest BCUT2D eigenvalue weighted by Gasteiger charge is -2.28. The van der Waals surface area contributed by atoms with Crippen molar-refractivity contribution in [2.75, 3.05) is 7.11 Å². The predicted octanol–water partition coefficient (Wildman–Crippen LogP) is 7.00. The standard InChI is InChI=1S/C28H32N2O2/c1-27(2,3)20-16-18(17-21(25(20)31)28(4,5)6)30-23-14-10-9-13-22(23)29-26(30)19-12-8-11-15-24(19)32-7/h8-17,31H,1-7H3. The summed E-state index contributed by atoms with van der Waals surface area (Å²) in [6.45, 7) is 12.8. The van der Waals surface area contributed by atoms with Gasteiger partial charge in [-0.05, 0) is 47.2 Å². The second-order valence-corrected chi connectivity index (χ2v) is 10.3. The number of aromatic hydroxyl groups is 1. The van der Waals surface area contributed by atoms with Crippen LogP contribution < -0.4 is 4.74 Å². The number of hydrogen-bond donors (Lipinski definition) is 1. The Morgan fingerprint density at radius 1 is 0.812 bits per heavy atom. The van der Waals surface area contributed by atoms with Gasteiger partial charge in [-0.2, -0.15) is 0 Å². The number of para-hydroxylation sites is 3. The van der Waals surface area contributed by atoms with Crippen molar-refractivity contribution in [1.82, 2.24) is 9.55 Å². The van der Waals surface area contributed by atoms with E-state index in [4.69, 9.17) is 9.72 Å². The minimum absolute atomic E-state index is 0.221. The third-order valence-electron chi connectivity index (χ3n) is 5.88. The van der Waals surface area contributed by atoms with Gasteiger partial charge in [-0.25, -0.2) is 4.98 Å². The number of ether oxygens (including phenoxy) is 1. The first kappa shape index (κ1) is 21.9. The van der Waals surface area contributed by atoms with E-state index in [0.717, 1.165) is 45.0 Å².